The van der Waals surface area contributed by atoms with Crippen LogP contribution in [0.4, 0.5) is 5.69 Å². The Morgan fingerprint density at radius 1 is 1.33 bits per heavy atom. The molecule has 9 heteroatoms. The number of nitrogens with zero attached hydrogens (tertiary/aromatic N) is 1. The van der Waals surface area contributed by atoms with Crippen molar-refractivity contribution in [3.8, 4) is 0 Å². The molecule has 1 rings (SSSR count). The Morgan fingerprint density at radius 3 is 2.38 bits per heavy atom. The maximum absolute atomic E-state index is 12.0. The minimum Gasteiger partial charge on any atom is -0.355 e. The van der Waals surface area contributed by atoms with E-state index in [-0.39, 0.29) is 10.6 Å². The van der Waals surface area contributed by atoms with Gasteiger partial charge < -0.3 is 5.32 Å². The van der Waals surface area contributed by atoms with Gasteiger partial charge in [0.25, 0.3) is 5.69 Å². The highest BCUT2D eigenvalue weighted by molar-refractivity contribution is 7.89. The van der Waals surface area contributed by atoms with Crippen LogP contribution in [0.15, 0.2) is 29.2 Å². The third-order valence-electron chi connectivity index (χ3n) is 2.63. The average Bonchev–Trinajstić information content (AvgIpc) is 2.44. The van der Waals surface area contributed by atoms with Gasteiger partial charge in [-0.3, -0.25) is 14.9 Å². The second-order valence-electron chi connectivity index (χ2n) is 4.39. The number of nitro groups is 1. The lowest BCUT2D eigenvalue weighted by Gasteiger charge is -2.14. The van der Waals surface area contributed by atoms with Crippen LogP contribution in [0, 0.1) is 10.1 Å². The first-order valence-corrected chi connectivity index (χ1v) is 7.80. The summed E-state index contributed by atoms with van der Waals surface area (Å²) >= 11 is 0. The molecule has 0 aliphatic rings. The van der Waals surface area contributed by atoms with Crippen LogP contribution in [0.2, 0.25) is 0 Å². The first kappa shape index (κ1) is 17.1. The summed E-state index contributed by atoms with van der Waals surface area (Å²) in [5.74, 6) is -0.428. The first-order valence-electron chi connectivity index (χ1n) is 6.32. The van der Waals surface area contributed by atoms with E-state index in [1.165, 1.54) is 6.92 Å². The molecule has 21 heavy (non-hydrogen) atoms. The molecule has 0 heterocycles. The van der Waals surface area contributed by atoms with Crippen LogP contribution >= 0.6 is 0 Å². The van der Waals surface area contributed by atoms with Crippen molar-refractivity contribution in [1.82, 2.24) is 10.0 Å². The molecule has 0 spiro atoms. The Morgan fingerprint density at radius 2 is 1.90 bits per heavy atom. The molecule has 0 unspecified atom stereocenters. The number of benzene rings is 1. The summed E-state index contributed by atoms with van der Waals surface area (Å²) < 4.78 is 26.3. The predicted octanol–water partition coefficient (Wildman–Crippen LogP) is 0.788. The zero-order chi connectivity index (χ0) is 16.0. The molecule has 8 nitrogen and oxygen atoms in total. The van der Waals surface area contributed by atoms with E-state index in [2.05, 4.69) is 10.0 Å². The Labute approximate surface area is 122 Å². The molecular weight excluding hydrogens is 298 g/mol. The van der Waals surface area contributed by atoms with Gasteiger partial charge in [0.05, 0.1) is 15.9 Å². The number of sulfonamides is 1. The smallest absolute Gasteiger partial charge is 0.269 e. The SMILES string of the molecule is CCCNC(=O)[C@@H](C)NS(=O)(=O)c1ccc([N+](=O)[O-])cc1. The Balaban J connectivity index is 2.81. The second-order valence-corrected chi connectivity index (χ2v) is 6.10. The fraction of sp³-hybridized carbons (Fsp3) is 0.417. The average molecular weight is 315 g/mol. The number of carbonyl (C=O) groups is 1. The molecule has 0 radical (unpaired) electrons. The van der Waals surface area contributed by atoms with E-state index in [0.717, 1.165) is 30.7 Å². The van der Waals surface area contributed by atoms with Gasteiger partial charge in [0.15, 0.2) is 0 Å². The van der Waals surface area contributed by atoms with Crippen LogP contribution in [0.1, 0.15) is 20.3 Å². The van der Waals surface area contributed by atoms with Crippen molar-refractivity contribution in [3.63, 3.8) is 0 Å². The minimum atomic E-state index is -3.91. The summed E-state index contributed by atoms with van der Waals surface area (Å²) in [7, 11) is -3.91. The summed E-state index contributed by atoms with van der Waals surface area (Å²) in [4.78, 5) is 21.4. The van der Waals surface area contributed by atoms with Gasteiger partial charge in [0.1, 0.15) is 0 Å². The first-order chi connectivity index (χ1) is 9.77. The second kappa shape index (κ2) is 7.14. The zero-order valence-electron chi connectivity index (χ0n) is 11.7. The standard InChI is InChI=1S/C12H17N3O5S/c1-3-8-13-12(16)9(2)14-21(19,20)11-6-4-10(5-7-11)15(17)18/h4-7,9,14H,3,8H2,1-2H3,(H,13,16)/t9-/m1/s1. The lowest BCUT2D eigenvalue weighted by molar-refractivity contribution is -0.384. The van der Waals surface area contributed by atoms with Crippen LogP contribution in [0.25, 0.3) is 0 Å². The maximum atomic E-state index is 12.0. The summed E-state index contributed by atoms with van der Waals surface area (Å²) in [5, 5.41) is 13.1. The molecule has 1 amide bonds. The van der Waals surface area contributed by atoms with Crippen molar-refractivity contribution in [2.24, 2.45) is 0 Å². The van der Waals surface area contributed by atoms with Crippen LogP contribution < -0.4 is 10.0 Å². The molecule has 1 aromatic carbocycles. The zero-order valence-corrected chi connectivity index (χ0v) is 12.5. The third-order valence-corrected chi connectivity index (χ3v) is 4.19. The molecule has 0 aromatic heterocycles. The van der Waals surface area contributed by atoms with E-state index >= 15 is 0 Å². The van der Waals surface area contributed by atoms with Crippen LogP contribution in [0.3, 0.4) is 0 Å². The summed E-state index contributed by atoms with van der Waals surface area (Å²) in [6, 6.07) is 3.50. The van der Waals surface area contributed by atoms with Gasteiger partial charge in [-0.1, -0.05) is 6.92 Å². The normalized spacial score (nSPS) is 12.7. The van der Waals surface area contributed by atoms with E-state index in [4.69, 9.17) is 0 Å². The van der Waals surface area contributed by atoms with Gasteiger partial charge in [-0.2, -0.15) is 4.72 Å². The number of hydrogen-bond donors (Lipinski definition) is 2. The molecule has 0 aliphatic heterocycles. The Hall–Kier alpha value is -2.00. The Kier molecular flexibility index (Phi) is 5.79. The van der Waals surface area contributed by atoms with Crippen molar-refractivity contribution in [2.45, 2.75) is 31.2 Å². The van der Waals surface area contributed by atoms with Crippen molar-refractivity contribution >= 4 is 21.6 Å². The van der Waals surface area contributed by atoms with E-state index in [0.29, 0.717) is 6.54 Å². The third kappa shape index (κ3) is 4.80. The van der Waals surface area contributed by atoms with Gasteiger partial charge in [0.2, 0.25) is 15.9 Å². The molecule has 0 saturated heterocycles. The molecule has 1 atom stereocenters. The minimum absolute atomic E-state index is 0.136. The summed E-state index contributed by atoms with van der Waals surface area (Å²) in [6.45, 7) is 3.77. The fourth-order valence-electron chi connectivity index (χ4n) is 1.50. The number of hydrogen-bond acceptors (Lipinski definition) is 5. The van der Waals surface area contributed by atoms with Crippen molar-refractivity contribution in [3.05, 3.63) is 34.4 Å². The lowest BCUT2D eigenvalue weighted by Crippen LogP contribution is -2.44. The predicted molar refractivity (Wildman–Crippen MR) is 76.2 cm³/mol. The lowest BCUT2D eigenvalue weighted by atomic mass is 10.3. The molecule has 1 aromatic rings. The van der Waals surface area contributed by atoms with Crippen molar-refractivity contribution < 1.29 is 18.1 Å². The van der Waals surface area contributed by atoms with Crippen LogP contribution in [-0.4, -0.2) is 31.8 Å². The van der Waals surface area contributed by atoms with Crippen molar-refractivity contribution in [2.75, 3.05) is 6.54 Å². The van der Waals surface area contributed by atoms with Gasteiger partial charge >= 0.3 is 0 Å². The number of nitrogens with one attached hydrogen (secondary N) is 2. The van der Waals surface area contributed by atoms with Crippen LogP contribution in [-0.2, 0) is 14.8 Å². The Bertz CT molecular complexity index is 612. The molecule has 0 bridgehead atoms. The topological polar surface area (TPSA) is 118 Å². The quantitative estimate of drug-likeness (QED) is 0.569. The highest BCUT2D eigenvalue weighted by atomic mass is 32.2. The van der Waals surface area contributed by atoms with Gasteiger partial charge in [0, 0.05) is 18.7 Å². The monoisotopic (exact) mass is 315 g/mol. The summed E-state index contributed by atoms with van der Waals surface area (Å²) in [5.41, 5.74) is -0.206. The molecule has 0 saturated carbocycles. The van der Waals surface area contributed by atoms with E-state index in [1.807, 2.05) is 6.92 Å². The number of nitro benzene ring substituents is 1. The largest absolute Gasteiger partial charge is 0.355 e. The molecule has 2 N–H and O–H groups in total. The molecule has 0 fully saturated rings. The highest BCUT2D eigenvalue weighted by Gasteiger charge is 2.22. The van der Waals surface area contributed by atoms with Gasteiger partial charge in [-0.15, -0.1) is 0 Å². The van der Waals surface area contributed by atoms with Crippen molar-refractivity contribution in [1.29, 1.82) is 0 Å². The number of rotatable bonds is 7. The molecule has 0 aliphatic carbocycles. The molecule has 116 valence electrons. The van der Waals surface area contributed by atoms with E-state index < -0.39 is 26.9 Å². The highest BCUT2D eigenvalue weighted by Crippen LogP contribution is 2.15. The fourth-order valence-corrected chi connectivity index (χ4v) is 2.71. The van der Waals surface area contributed by atoms with E-state index in [1.54, 1.807) is 0 Å². The number of carbonyl (C=O) groups excluding carboxylic acids is 1. The summed E-state index contributed by atoms with van der Waals surface area (Å²) in [6.07, 6.45) is 0.744. The van der Waals surface area contributed by atoms with Gasteiger partial charge in [-0.05, 0) is 25.5 Å². The van der Waals surface area contributed by atoms with E-state index in [9.17, 15) is 23.3 Å². The van der Waals surface area contributed by atoms with Crippen LogP contribution in [0.5, 0.6) is 0 Å². The number of amides is 1. The maximum Gasteiger partial charge on any atom is 0.269 e. The molecular formula is C12H17N3O5S. The van der Waals surface area contributed by atoms with Gasteiger partial charge in [-0.25, -0.2) is 8.42 Å². The number of non-ortho nitro benzene ring substituents is 1.